The fourth-order valence-corrected chi connectivity index (χ4v) is 2.07. The molecule has 2 N–H and O–H groups in total. The van der Waals surface area contributed by atoms with Gasteiger partial charge < -0.3 is 14.2 Å². The third-order valence-electron chi connectivity index (χ3n) is 2.83. The van der Waals surface area contributed by atoms with E-state index in [0.29, 0.717) is 12.8 Å². The third-order valence-corrected chi connectivity index (χ3v) is 4.02. The van der Waals surface area contributed by atoms with Crippen molar-refractivity contribution in [2.24, 2.45) is 0 Å². The van der Waals surface area contributed by atoms with Gasteiger partial charge in [0.1, 0.15) is 0 Å². The van der Waals surface area contributed by atoms with Gasteiger partial charge >= 0.3 is 12.2 Å². The Morgan fingerprint density at radius 2 is 1.11 bits per heavy atom. The zero-order chi connectivity index (χ0) is 21.1. The van der Waals surface area contributed by atoms with Crippen molar-refractivity contribution in [2.45, 2.75) is 59.6 Å². The number of rotatable bonds is 10. The largest absolute Gasteiger partial charge is 0.450 e. The number of hydrogen-bond acceptors (Lipinski definition) is 5. The second kappa shape index (κ2) is 13.5. The number of alkyl carbamates (subject to hydrolysis) is 2. The maximum absolute atomic E-state index is 11.8. The molecular formula is C14H22Cl6N2O5. The Morgan fingerprint density at radius 1 is 0.778 bits per heavy atom. The molecule has 0 bridgehead atoms. The van der Waals surface area contributed by atoms with Crippen LogP contribution in [0.3, 0.4) is 0 Å². The van der Waals surface area contributed by atoms with Gasteiger partial charge in [0.25, 0.3) is 0 Å². The van der Waals surface area contributed by atoms with E-state index in [1.165, 1.54) is 0 Å². The summed E-state index contributed by atoms with van der Waals surface area (Å²) in [5.41, 5.74) is 0. The van der Waals surface area contributed by atoms with Gasteiger partial charge in [-0.1, -0.05) is 96.3 Å². The van der Waals surface area contributed by atoms with Crippen molar-refractivity contribution in [3.8, 4) is 0 Å². The lowest BCUT2D eigenvalue weighted by atomic mass is 10.4. The van der Waals surface area contributed by atoms with Gasteiger partial charge in [0.2, 0.25) is 7.59 Å². The molecule has 0 saturated heterocycles. The van der Waals surface area contributed by atoms with Gasteiger partial charge in [-0.25, -0.2) is 9.59 Å². The molecule has 0 aromatic rings. The smallest absolute Gasteiger partial charge is 0.409 e. The normalized spacial score (nSPS) is 14.2. The number of alkyl halides is 6. The van der Waals surface area contributed by atoms with Crippen LogP contribution < -0.4 is 10.6 Å². The van der Waals surface area contributed by atoms with E-state index in [0.717, 1.165) is 12.8 Å². The summed E-state index contributed by atoms with van der Waals surface area (Å²) >= 11 is 34.8. The van der Waals surface area contributed by atoms with Crippen LogP contribution in [0.25, 0.3) is 0 Å². The highest BCUT2D eigenvalue weighted by molar-refractivity contribution is 6.68. The SMILES string of the molecule is CCCCOC(=O)N[C@H](O[C@@H](NC(=O)OCCCC)C(Cl)(Cl)Cl)C(Cl)(Cl)Cl. The van der Waals surface area contributed by atoms with Gasteiger partial charge in [0.15, 0.2) is 12.5 Å². The number of carbonyl (C=O) groups excluding carboxylic acids is 2. The highest BCUT2D eigenvalue weighted by Crippen LogP contribution is 2.36. The molecule has 13 heteroatoms. The number of nitrogens with one attached hydrogen (secondary N) is 2. The molecule has 2 amide bonds. The molecule has 7 nitrogen and oxygen atoms in total. The molecule has 0 rings (SSSR count). The van der Waals surface area contributed by atoms with Gasteiger partial charge in [-0.3, -0.25) is 10.6 Å². The lowest BCUT2D eigenvalue weighted by molar-refractivity contribution is -0.0395. The highest BCUT2D eigenvalue weighted by Gasteiger charge is 2.43. The molecule has 0 aliphatic heterocycles. The van der Waals surface area contributed by atoms with E-state index in [1.54, 1.807) is 0 Å². The van der Waals surface area contributed by atoms with Crippen LogP contribution in [0.15, 0.2) is 0 Å². The quantitative estimate of drug-likeness (QED) is 0.232. The molecule has 0 saturated carbocycles. The Labute approximate surface area is 188 Å². The Kier molecular flexibility index (Phi) is 13.6. The summed E-state index contributed by atoms with van der Waals surface area (Å²) in [6.45, 7) is 4.16. The Hall–Kier alpha value is 0.240. The third kappa shape index (κ3) is 13.2. The molecular weight excluding hydrogens is 489 g/mol. The van der Waals surface area contributed by atoms with Crippen molar-refractivity contribution in [1.82, 2.24) is 10.6 Å². The summed E-state index contributed by atoms with van der Waals surface area (Å²) in [6, 6.07) is 0. The zero-order valence-electron chi connectivity index (χ0n) is 14.7. The van der Waals surface area contributed by atoms with Gasteiger partial charge in [0.05, 0.1) is 13.2 Å². The van der Waals surface area contributed by atoms with E-state index in [2.05, 4.69) is 10.6 Å². The van der Waals surface area contributed by atoms with Gasteiger partial charge in [-0.2, -0.15) is 0 Å². The first kappa shape index (κ1) is 27.2. The van der Waals surface area contributed by atoms with Crippen molar-refractivity contribution < 1.29 is 23.8 Å². The minimum Gasteiger partial charge on any atom is -0.450 e. The summed E-state index contributed by atoms with van der Waals surface area (Å²) in [5, 5.41) is 4.39. The first-order valence-corrected chi connectivity index (χ1v) is 10.3. The molecule has 0 aromatic heterocycles. The fraction of sp³-hybridized carbons (Fsp3) is 0.857. The van der Waals surface area contributed by atoms with E-state index >= 15 is 0 Å². The molecule has 27 heavy (non-hydrogen) atoms. The lowest BCUT2D eigenvalue weighted by Crippen LogP contribution is -2.55. The number of hydrogen-bond donors (Lipinski definition) is 2. The maximum atomic E-state index is 11.8. The zero-order valence-corrected chi connectivity index (χ0v) is 19.2. The number of ether oxygens (including phenoxy) is 3. The summed E-state index contributed by atoms with van der Waals surface area (Å²) < 4.78 is 10.8. The fourth-order valence-electron chi connectivity index (χ4n) is 1.44. The van der Waals surface area contributed by atoms with Crippen LogP contribution in [0.2, 0.25) is 0 Å². The van der Waals surface area contributed by atoms with Gasteiger partial charge in [-0.05, 0) is 12.8 Å². The molecule has 0 fully saturated rings. The van der Waals surface area contributed by atoms with Crippen LogP contribution in [-0.4, -0.2) is 45.4 Å². The van der Waals surface area contributed by atoms with Crippen molar-refractivity contribution in [3.05, 3.63) is 0 Å². The molecule has 2 atom stereocenters. The number of amides is 2. The minimum atomic E-state index is -2.16. The monoisotopic (exact) mass is 508 g/mol. The molecule has 0 unspecified atom stereocenters. The molecule has 0 radical (unpaired) electrons. The number of carbonyl (C=O) groups is 2. The predicted molar refractivity (Wildman–Crippen MR) is 108 cm³/mol. The molecule has 0 aliphatic rings. The van der Waals surface area contributed by atoms with E-state index in [-0.39, 0.29) is 13.2 Å². The standard InChI is InChI=1S/C14H22Cl6N2O5/c1-3-5-7-25-11(23)21-9(13(15,16)17)27-10(14(18,19)20)22-12(24)26-8-6-4-2/h9-10H,3-8H2,1-2H3,(H,21,23)(H,22,24)/t9-,10-/m1/s1. The van der Waals surface area contributed by atoms with E-state index < -0.39 is 32.2 Å². The van der Waals surface area contributed by atoms with Crippen molar-refractivity contribution in [2.75, 3.05) is 13.2 Å². The van der Waals surface area contributed by atoms with E-state index in [9.17, 15) is 9.59 Å². The van der Waals surface area contributed by atoms with Crippen LogP contribution in [0.5, 0.6) is 0 Å². The molecule has 0 heterocycles. The lowest BCUT2D eigenvalue weighted by Gasteiger charge is -2.32. The van der Waals surface area contributed by atoms with Gasteiger partial charge in [-0.15, -0.1) is 0 Å². The second-order valence-corrected chi connectivity index (χ2v) is 9.98. The molecule has 160 valence electrons. The van der Waals surface area contributed by atoms with E-state index in [4.69, 9.17) is 83.8 Å². The Balaban J connectivity index is 5.01. The Morgan fingerprint density at radius 3 is 1.37 bits per heavy atom. The average molecular weight is 511 g/mol. The van der Waals surface area contributed by atoms with E-state index in [1.807, 2.05) is 13.8 Å². The van der Waals surface area contributed by atoms with Gasteiger partial charge in [0, 0.05) is 0 Å². The summed E-state index contributed by atoms with van der Waals surface area (Å²) in [6.07, 6.45) is -2.10. The van der Waals surface area contributed by atoms with Crippen molar-refractivity contribution in [3.63, 3.8) is 0 Å². The molecule has 0 spiro atoms. The molecule has 0 aromatic carbocycles. The summed E-state index contributed by atoms with van der Waals surface area (Å²) in [7, 11) is 0. The number of unbranched alkanes of at least 4 members (excludes halogenated alkanes) is 2. The second-order valence-electron chi connectivity index (χ2n) is 5.25. The highest BCUT2D eigenvalue weighted by atomic mass is 35.6. The van der Waals surface area contributed by atoms with Crippen LogP contribution in [0, 0.1) is 0 Å². The summed E-state index contributed by atoms with van der Waals surface area (Å²) in [4.78, 5) is 23.6. The first-order valence-electron chi connectivity index (χ1n) is 8.07. The summed E-state index contributed by atoms with van der Waals surface area (Å²) in [5.74, 6) is 0. The molecule has 0 aliphatic carbocycles. The maximum Gasteiger partial charge on any atom is 0.409 e. The van der Waals surface area contributed by atoms with Crippen molar-refractivity contribution in [1.29, 1.82) is 0 Å². The average Bonchev–Trinajstić information content (AvgIpc) is 2.52. The predicted octanol–water partition coefficient (Wildman–Crippen LogP) is 5.45. The van der Waals surface area contributed by atoms with Crippen LogP contribution >= 0.6 is 69.6 Å². The van der Waals surface area contributed by atoms with Crippen LogP contribution in [0.4, 0.5) is 9.59 Å². The van der Waals surface area contributed by atoms with Crippen molar-refractivity contribution >= 4 is 81.8 Å². The minimum absolute atomic E-state index is 0.158. The number of halogens is 6. The topological polar surface area (TPSA) is 85.9 Å². The Bertz CT molecular complexity index is 418. The van der Waals surface area contributed by atoms with Crippen LogP contribution in [-0.2, 0) is 14.2 Å². The first-order chi connectivity index (χ1) is 12.4. The van der Waals surface area contributed by atoms with Crippen LogP contribution in [0.1, 0.15) is 39.5 Å².